The van der Waals surface area contributed by atoms with Crippen molar-refractivity contribution in [2.24, 2.45) is 0 Å². The van der Waals surface area contributed by atoms with Crippen LogP contribution in [0.25, 0.3) is 0 Å². The maximum atomic E-state index is 11.5. The number of ether oxygens (including phenoxy) is 2. The molecule has 0 aromatic carbocycles. The molecule has 7 nitrogen and oxygen atoms in total. The highest BCUT2D eigenvalue weighted by Crippen LogP contribution is 2.33. The SMILES string of the molecule is CCCCCCCCCCCCCCCCCCC(COP(O)OCCN(C)C)OC(=O)OC. The summed E-state index contributed by atoms with van der Waals surface area (Å²) >= 11 is 0. The molecule has 34 heavy (non-hydrogen) atoms. The molecule has 0 rings (SSSR count). The molecule has 0 spiro atoms. The van der Waals surface area contributed by atoms with Gasteiger partial charge in [-0.1, -0.05) is 103 Å². The molecule has 0 radical (unpaired) electrons. The molecule has 2 atom stereocenters. The highest BCUT2D eigenvalue weighted by Gasteiger charge is 2.18. The van der Waals surface area contributed by atoms with Crippen LogP contribution in [0.2, 0.25) is 0 Å². The number of hydrogen-bond acceptors (Lipinski definition) is 7. The number of unbranched alkanes of at least 4 members (excludes halogenated alkanes) is 15. The summed E-state index contributed by atoms with van der Waals surface area (Å²) in [6.07, 6.45) is 20.6. The predicted molar refractivity (Wildman–Crippen MR) is 141 cm³/mol. The van der Waals surface area contributed by atoms with Gasteiger partial charge in [0.05, 0.1) is 20.3 Å². The monoisotopic (exact) mass is 507 g/mol. The molecule has 0 bridgehead atoms. The third-order valence-corrected chi connectivity index (χ3v) is 6.69. The van der Waals surface area contributed by atoms with Gasteiger partial charge in [-0.25, -0.2) is 4.79 Å². The molecule has 0 heterocycles. The van der Waals surface area contributed by atoms with Crippen LogP contribution in [0.5, 0.6) is 0 Å². The highest BCUT2D eigenvalue weighted by atomic mass is 31.2. The lowest BCUT2D eigenvalue weighted by Crippen LogP contribution is -2.23. The molecule has 0 aromatic rings. The van der Waals surface area contributed by atoms with Gasteiger partial charge in [-0.3, -0.25) is 0 Å². The van der Waals surface area contributed by atoms with Crippen molar-refractivity contribution >= 4 is 14.8 Å². The minimum absolute atomic E-state index is 0.109. The first kappa shape index (κ1) is 33.5. The summed E-state index contributed by atoms with van der Waals surface area (Å²) in [5, 5.41) is 0. The summed E-state index contributed by atoms with van der Waals surface area (Å²) in [5.41, 5.74) is 0. The Balaban J connectivity index is 3.68. The van der Waals surface area contributed by atoms with Crippen LogP contribution >= 0.6 is 8.60 Å². The number of likely N-dealkylation sites (N-methyl/N-ethyl adjacent to an activating group) is 1. The molecule has 0 saturated carbocycles. The normalized spacial score (nSPS) is 13.2. The smallest absolute Gasteiger partial charge is 0.438 e. The molecular formula is C26H54NO6P. The van der Waals surface area contributed by atoms with Crippen LogP contribution in [-0.4, -0.2) is 63.0 Å². The maximum absolute atomic E-state index is 11.5. The van der Waals surface area contributed by atoms with E-state index in [1.807, 2.05) is 19.0 Å². The zero-order valence-electron chi connectivity index (χ0n) is 22.6. The fourth-order valence-electron chi connectivity index (χ4n) is 3.77. The number of methoxy groups -OCH3 is 1. The van der Waals surface area contributed by atoms with Crippen molar-refractivity contribution in [2.75, 3.05) is 41.0 Å². The molecule has 0 aromatic heterocycles. The molecule has 204 valence electrons. The molecule has 1 N–H and O–H groups in total. The zero-order valence-corrected chi connectivity index (χ0v) is 23.5. The fraction of sp³-hybridized carbons (Fsp3) is 0.962. The lowest BCUT2D eigenvalue weighted by Gasteiger charge is -2.19. The average molecular weight is 508 g/mol. The second kappa shape index (κ2) is 25.6. The van der Waals surface area contributed by atoms with Gasteiger partial charge in [-0.2, -0.15) is 0 Å². The van der Waals surface area contributed by atoms with E-state index in [2.05, 4.69) is 11.7 Å². The molecule has 2 unspecified atom stereocenters. The minimum Gasteiger partial charge on any atom is -0.438 e. The van der Waals surface area contributed by atoms with Crippen molar-refractivity contribution in [1.82, 2.24) is 4.90 Å². The second-order valence-electron chi connectivity index (χ2n) is 9.46. The highest BCUT2D eigenvalue weighted by molar-refractivity contribution is 7.40. The van der Waals surface area contributed by atoms with Crippen molar-refractivity contribution in [1.29, 1.82) is 0 Å². The second-order valence-corrected chi connectivity index (χ2v) is 10.4. The van der Waals surface area contributed by atoms with E-state index in [1.165, 1.54) is 97.0 Å². The number of carbonyl (C=O) groups is 1. The Kier molecular flexibility index (Phi) is 25.3. The Bertz CT molecular complexity index is 442. The van der Waals surface area contributed by atoms with Crippen molar-refractivity contribution < 1.29 is 28.2 Å². The molecule has 0 fully saturated rings. The molecule has 0 aliphatic rings. The molecule has 0 aliphatic carbocycles. The summed E-state index contributed by atoms with van der Waals surface area (Å²) in [4.78, 5) is 23.3. The van der Waals surface area contributed by atoms with Crippen molar-refractivity contribution in [2.45, 2.75) is 122 Å². The lowest BCUT2D eigenvalue weighted by atomic mass is 10.0. The number of carbonyl (C=O) groups excluding carboxylic acids is 1. The summed E-state index contributed by atoms with van der Waals surface area (Å²) in [6.45, 7) is 3.47. The summed E-state index contributed by atoms with van der Waals surface area (Å²) in [6, 6.07) is 0. The maximum Gasteiger partial charge on any atom is 0.508 e. The van der Waals surface area contributed by atoms with E-state index in [4.69, 9.17) is 13.8 Å². The van der Waals surface area contributed by atoms with Crippen LogP contribution < -0.4 is 0 Å². The van der Waals surface area contributed by atoms with E-state index >= 15 is 0 Å². The number of rotatable bonds is 25. The quantitative estimate of drug-likeness (QED) is 0.0774. The third kappa shape index (κ3) is 24.7. The first-order chi connectivity index (χ1) is 16.5. The Morgan fingerprint density at radius 1 is 0.794 bits per heavy atom. The molecule has 0 amide bonds. The van der Waals surface area contributed by atoms with Gasteiger partial charge in [0.15, 0.2) is 0 Å². The van der Waals surface area contributed by atoms with Gasteiger partial charge in [-0.15, -0.1) is 0 Å². The Morgan fingerprint density at radius 3 is 1.71 bits per heavy atom. The van der Waals surface area contributed by atoms with Crippen molar-refractivity contribution in [3.63, 3.8) is 0 Å². The molecule has 8 heteroatoms. The van der Waals surface area contributed by atoms with Crippen LogP contribution in [0.1, 0.15) is 116 Å². The molecule has 0 aliphatic heterocycles. The van der Waals surface area contributed by atoms with Gasteiger partial charge in [0.2, 0.25) is 0 Å². The largest absolute Gasteiger partial charge is 0.508 e. The molecular weight excluding hydrogens is 453 g/mol. The van der Waals surface area contributed by atoms with Gasteiger partial charge in [0.1, 0.15) is 6.10 Å². The predicted octanol–water partition coefficient (Wildman–Crippen LogP) is 7.60. The molecule has 0 saturated heterocycles. The number of hydrogen-bond donors (Lipinski definition) is 1. The zero-order chi connectivity index (χ0) is 25.3. The summed E-state index contributed by atoms with van der Waals surface area (Å²) in [5.74, 6) is 0. The van der Waals surface area contributed by atoms with Gasteiger partial charge >= 0.3 is 14.8 Å². The first-order valence-electron chi connectivity index (χ1n) is 13.6. The Hall–Kier alpha value is -0.460. The first-order valence-corrected chi connectivity index (χ1v) is 14.8. The van der Waals surface area contributed by atoms with E-state index in [9.17, 15) is 9.69 Å². The van der Waals surface area contributed by atoms with Crippen LogP contribution in [-0.2, 0) is 18.5 Å². The van der Waals surface area contributed by atoms with Crippen LogP contribution in [0, 0.1) is 0 Å². The van der Waals surface area contributed by atoms with Gasteiger partial charge in [0, 0.05) is 6.54 Å². The minimum atomic E-state index is -1.97. The van der Waals surface area contributed by atoms with E-state index in [1.54, 1.807) is 0 Å². The van der Waals surface area contributed by atoms with Crippen molar-refractivity contribution in [3.05, 3.63) is 0 Å². The third-order valence-electron chi connectivity index (χ3n) is 5.92. The van der Waals surface area contributed by atoms with Gasteiger partial charge < -0.3 is 28.3 Å². The van der Waals surface area contributed by atoms with Gasteiger partial charge in [0.25, 0.3) is 0 Å². The van der Waals surface area contributed by atoms with E-state index in [0.29, 0.717) is 19.6 Å². The van der Waals surface area contributed by atoms with Crippen LogP contribution in [0.3, 0.4) is 0 Å². The van der Waals surface area contributed by atoms with Gasteiger partial charge in [-0.05, 0) is 26.9 Å². The van der Waals surface area contributed by atoms with Crippen molar-refractivity contribution in [3.8, 4) is 0 Å². The summed E-state index contributed by atoms with van der Waals surface area (Å²) in [7, 11) is 3.18. The van der Waals surface area contributed by atoms with Crippen LogP contribution in [0.4, 0.5) is 4.79 Å². The van der Waals surface area contributed by atoms with E-state index in [-0.39, 0.29) is 6.61 Å². The average Bonchev–Trinajstić information content (AvgIpc) is 2.81. The van der Waals surface area contributed by atoms with E-state index < -0.39 is 20.9 Å². The lowest BCUT2D eigenvalue weighted by molar-refractivity contribution is 0.0100. The Morgan fingerprint density at radius 2 is 1.26 bits per heavy atom. The number of nitrogens with zero attached hydrogens (tertiary/aromatic N) is 1. The topological polar surface area (TPSA) is 77.5 Å². The Labute approximate surface area is 211 Å². The summed E-state index contributed by atoms with van der Waals surface area (Å²) < 4.78 is 20.5. The van der Waals surface area contributed by atoms with E-state index in [0.717, 1.165) is 12.8 Å². The standard InChI is InChI=1S/C26H54NO6P/c1-5-6-7-8-9-10-11-12-13-14-15-16-17-18-19-20-21-25(33-26(28)30-4)24-32-34(29)31-23-22-27(2)3/h25,29H,5-24H2,1-4H3. The fourth-order valence-corrected chi connectivity index (χ4v) is 4.37. The van der Waals surface area contributed by atoms with Crippen LogP contribution in [0.15, 0.2) is 0 Å².